The van der Waals surface area contributed by atoms with Crippen LogP contribution in [-0.4, -0.2) is 24.6 Å². The molecule has 0 aromatic heterocycles. The van der Waals surface area contributed by atoms with Crippen molar-refractivity contribution in [3.63, 3.8) is 0 Å². The fourth-order valence-corrected chi connectivity index (χ4v) is 2.21. The average Bonchev–Trinajstić information content (AvgIpc) is 2.68. The zero-order chi connectivity index (χ0) is 19.5. The summed E-state index contributed by atoms with van der Waals surface area (Å²) in [4.78, 5) is 23.2. The van der Waals surface area contributed by atoms with Crippen LogP contribution in [0.2, 0.25) is 0 Å². The lowest BCUT2D eigenvalue weighted by Gasteiger charge is -2.07. The number of nitrogens with zero attached hydrogens (tertiary/aromatic N) is 1. The van der Waals surface area contributed by atoms with E-state index in [0.29, 0.717) is 18.9 Å². The number of hydrogen-bond donors (Lipinski definition) is 2. The van der Waals surface area contributed by atoms with Crippen LogP contribution in [0.5, 0.6) is 5.75 Å². The lowest BCUT2D eigenvalue weighted by molar-refractivity contribution is -0.139. The zero-order valence-corrected chi connectivity index (χ0v) is 15.7. The third-order valence-corrected chi connectivity index (χ3v) is 3.79. The van der Waals surface area contributed by atoms with Crippen molar-refractivity contribution in [1.29, 1.82) is 0 Å². The Balaban J connectivity index is 1.83. The summed E-state index contributed by atoms with van der Waals surface area (Å²) in [5.74, 6) is -0.770. The Hall–Kier alpha value is -3.15. The molecule has 2 aromatic rings. The topological polar surface area (TPSA) is 79.8 Å². The van der Waals surface area contributed by atoms with E-state index in [1.54, 1.807) is 0 Å². The zero-order valence-electron chi connectivity index (χ0n) is 15.7. The highest BCUT2D eigenvalue weighted by molar-refractivity contribution is 6.35. The maximum atomic E-state index is 11.6. The number of unbranched alkanes of at least 4 members (excludes halogenated alkanes) is 1. The summed E-state index contributed by atoms with van der Waals surface area (Å²) >= 11 is 0. The molecule has 0 radical (unpaired) electrons. The highest BCUT2D eigenvalue weighted by Gasteiger charge is 2.10. The molecule has 27 heavy (non-hydrogen) atoms. The predicted octanol–water partition coefficient (Wildman–Crippen LogP) is 2.94. The molecule has 0 aliphatic heterocycles. The molecule has 142 valence electrons. The van der Waals surface area contributed by atoms with Gasteiger partial charge in [0.2, 0.25) is 0 Å². The van der Waals surface area contributed by atoms with Gasteiger partial charge in [0.15, 0.2) is 0 Å². The van der Waals surface area contributed by atoms with Crippen molar-refractivity contribution < 1.29 is 14.3 Å². The second kappa shape index (κ2) is 10.8. The largest absolute Gasteiger partial charge is 0.489 e. The van der Waals surface area contributed by atoms with Crippen LogP contribution in [0.1, 0.15) is 36.5 Å². The summed E-state index contributed by atoms with van der Waals surface area (Å²) in [5, 5.41) is 6.35. The summed E-state index contributed by atoms with van der Waals surface area (Å²) < 4.78 is 5.78. The molecule has 6 heteroatoms. The SMILES string of the molecule is CCCCNC(=O)C(=O)N/N=C\c1cccc(OCc2ccc(C)cc2)c1. The first-order valence-corrected chi connectivity index (χ1v) is 8.98. The van der Waals surface area contributed by atoms with E-state index in [1.165, 1.54) is 11.8 Å². The molecule has 0 aliphatic carbocycles. The van der Waals surface area contributed by atoms with Crippen LogP contribution in [0.25, 0.3) is 0 Å². The number of ether oxygens (including phenoxy) is 1. The number of carbonyl (C=O) groups is 2. The Morgan fingerprint density at radius 1 is 1.11 bits per heavy atom. The lowest BCUT2D eigenvalue weighted by Crippen LogP contribution is -2.38. The Morgan fingerprint density at radius 3 is 2.63 bits per heavy atom. The van der Waals surface area contributed by atoms with Gasteiger partial charge in [0.05, 0.1) is 6.21 Å². The third-order valence-electron chi connectivity index (χ3n) is 3.79. The van der Waals surface area contributed by atoms with Crippen LogP contribution in [0.3, 0.4) is 0 Å². The van der Waals surface area contributed by atoms with Crippen LogP contribution in [-0.2, 0) is 16.2 Å². The van der Waals surface area contributed by atoms with Gasteiger partial charge in [-0.25, -0.2) is 5.43 Å². The van der Waals surface area contributed by atoms with Gasteiger partial charge in [-0.3, -0.25) is 9.59 Å². The van der Waals surface area contributed by atoms with Crippen LogP contribution < -0.4 is 15.5 Å². The van der Waals surface area contributed by atoms with Crippen molar-refractivity contribution >= 4 is 18.0 Å². The highest BCUT2D eigenvalue weighted by atomic mass is 16.5. The Kier molecular flexibility index (Phi) is 8.03. The smallest absolute Gasteiger partial charge is 0.329 e. The van der Waals surface area contributed by atoms with Gasteiger partial charge in [0.25, 0.3) is 0 Å². The van der Waals surface area contributed by atoms with Gasteiger partial charge in [-0.15, -0.1) is 0 Å². The average molecular weight is 367 g/mol. The molecule has 0 heterocycles. The third kappa shape index (κ3) is 7.32. The number of hydrogen-bond acceptors (Lipinski definition) is 4. The molecule has 2 aromatic carbocycles. The molecule has 0 aliphatic rings. The van der Waals surface area contributed by atoms with E-state index >= 15 is 0 Å². The molecule has 0 spiro atoms. The summed E-state index contributed by atoms with van der Waals surface area (Å²) in [6, 6.07) is 15.5. The fourth-order valence-electron chi connectivity index (χ4n) is 2.21. The molecular weight excluding hydrogens is 342 g/mol. The van der Waals surface area contributed by atoms with Gasteiger partial charge >= 0.3 is 11.8 Å². The van der Waals surface area contributed by atoms with Crippen LogP contribution in [0.4, 0.5) is 0 Å². The van der Waals surface area contributed by atoms with Crippen molar-refractivity contribution in [3.8, 4) is 5.75 Å². The normalized spacial score (nSPS) is 10.6. The van der Waals surface area contributed by atoms with Crippen molar-refractivity contribution in [2.45, 2.75) is 33.3 Å². The molecule has 0 atom stereocenters. The number of hydrazone groups is 1. The van der Waals surface area contributed by atoms with Crippen LogP contribution >= 0.6 is 0 Å². The van der Waals surface area contributed by atoms with Gasteiger partial charge in [0, 0.05) is 6.54 Å². The van der Waals surface area contributed by atoms with Crippen molar-refractivity contribution in [1.82, 2.24) is 10.7 Å². The second-order valence-corrected chi connectivity index (χ2v) is 6.16. The first-order chi connectivity index (χ1) is 13.1. The number of benzene rings is 2. The molecule has 0 saturated heterocycles. The number of carbonyl (C=O) groups excluding carboxylic acids is 2. The molecule has 2 rings (SSSR count). The van der Waals surface area contributed by atoms with Crippen LogP contribution in [0, 0.1) is 6.92 Å². The maximum absolute atomic E-state index is 11.6. The Labute approximate surface area is 159 Å². The van der Waals surface area contributed by atoms with E-state index in [0.717, 1.165) is 24.0 Å². The Morgan fingerprint density at radius 2 is 1.89 bits per heavy atom. The Bertz CT molecular complexity index is 786. The second-order valence-electron chi connectivity index (χ2n) is 6.16. The minimum atomic E-state index is -0.783. The minimum Gasteiger partial charge on any atom is -0.489 e. The number of amides is 2. The monoisotopic (exact) mass is 367 g/mol. The quantitative estimate of drug-likeness (QED) is 0.326. The van der Waals surface area contributed by atoms with Gasteiger partial charge in [0.1, 0.15) is 12.4 Å². The van der Waals surface area contributed by atoms with Gasteiger partial charge in [-0.05, 0) is 36.6 Å². The van der Waals surface area contributed by atoms with Gasteiger partial charge in [-0.2, -0.15) is 5.10 Å². The highest BCUT2D eigenvalue weighted by Crippen LogP contribution is 2.14. The molecule has 2 N–H and O–H groups in total. The van der Waals surface area contributed by atoms with Gasteiger partial charge < -0.3 is 10.1 Å². The fraction of sp³-hybridized carbons (Fsp3) is 0.286. The lowest BCUT2D eigenvalue weighted by atomic mass is 10.2. The number of aryl methyl sites for hydroxylation is 1. The number of nitrogens with one attached hydrogen (secondary N) is 2. The molecule has 0 bridgehead atoms. The summed E-state index contributed by atoms with van der Waals surface area (Å²) in [6.07, 6.45) is 3.25. The van der Waals surface area contributed by atoms with Crippen molar-refractivity contribution in [3.05, 3.63) is 65.2 Å². The van der Waals surface area contributed by atoms with E-state index in [9.17, 15) is 9.59 Å². The first-order valence-electron chi connectivity index (χ1n) is 8.98. The van der Waals surface area contributed by atoms with E-state index in [1.807, 2.05) is 62.4 Å². The van der Waals surface area contributed by atoms with Crippen LogP contribution in [0.15, 0.2) is 53.6 Å². The summed E-state index contributed by atoms with van der Waals surface area (Å²) in [6.45, 7) is 5.00. The molecular formula is C21H25N3O3. The standard InChI is InChI=1S/C21H25N3O3/c1-3-4-12-22-20(25)21(26)24-23-14-18-6-5-7-19(13-18)27-15-17-10-8-16(2)9-11-17/h5-11,13-14H,3-4,12,15H2,1-2H3,(H,22,25)(H,24,26)/b23-14-. The predicted molar refractivity (Wildman–Crippen MR) is 106 cm³/mol. The van der Waals surface area contributed by atoms with E-state index < -0.39 is 11.8 Å². The number of rotatable bonds is 8. The summed E-state index contributed by atoms with van der Waals surface area (Å²) in [5.41, 5.74) is 5.26. The molecule has 6 nitrogen and oxygen atoms in total. The first kappa shape index (κ1) is 20.2. The maximum Gasteiger partial charge on any atom is 0.329 e. The minimum absolute atomic E-state index is 0.468. The summed E-state index contributed by atoms with van der Waals surface area (Å²) in [7, 11) is 0. The molecule has 2 amide bonds. The van der Waals surface area contributed by atoms with Crippen molar-refractivity contribution in [2.24, 2.45) is 5.10 Å². The molecule has 0 fully saturated rings. The molecule has 0 saturated carbocycles. The van der Waals surface area contributed by atoms with Gasteiger partial charge in [-0.1, -0.05) is 55.3 Å². The van der Waals surface area contributed by atoms with E-state index in [-0.39, 0.29) is 0 Å². The van der Waals surface area contributed by atoms with Crippen molar-refractivity contribution in [2.75, 3.05) is 6.54 Å². The van der Waals surface area contributed by atoms with E-state index in [2.05, 4.69) is 15.8 Å². The van der Waals surface area contributed by atoms with E-state index in [4.69, 9.17) is 4.74 Å². The molecule has 0 unspecified atom stereocenters.